The molecule has 158 valence electrons. The highest BCUT2D eigenvalue weighted by atomic mass is 16.5. The van der Waals surface area contributed by atoms with E-state index in [4.69, 9.17) is 4.74 Å². The van der Waals surface area contributed by atoms with Gasteiger partial charge in [-0.05, 0) is 13.0 Å². The monoisotopic (exact) mass is 412 g/mol. The number of nitrogens with zero attached hydrogens (tertiary/aromatic N) is 3. The van der Waals surface area contributed by atoms with Crippen LogP contribution in [-0.4, -0.2) is 37.9 Å². The zero-order valence-corrected chi connectivity index (χ0v) is 16.9. The van der Waals surface area contributed by atoms with Gasteiger partial charge in [-0.15, -0.1) is 6.58 Å². The van der Waals surface area contributed by atoms with Gasteiger partial charge in [0.1, 0.15) is 11.3 Å². The number of aromatic hydroxyl groups is 1. The van der Waals surface area contributed by atoms with E-state index in [1.165, 1.54) is 11.1 Å². The van der Waals surface area contributed by atoms with Crippen LogP contribution in [0.2, 0.25) is 0 Å². The van der Waals surface area contributed by atoms with Crippen molar-refractivity contribution in [2.75, 3.05) is 6.61 Å². The Labute approximate surface area is 172 Å². The van der Waals surface area contributed by atoms with Crippen LogP contribution in [0.3, 0.4) is 0 Å². The second kappa shape index (κ2) is 8.81. The standard InChI is InChI=1S/C21H24N4O5/c1-4-11-24-20(28)18(19(27)22-21(24)29)14-12-15(25(23-14)17(26)5-2)13-9-7-8-10-16(13)30-6-3/h4,7-10,15,28H,1,5-6,11-12H2,2-3H3,(H,22,27,29)/t15-/m1/s1. The lowest BCUT2D eigenvalue weighted by Gasteiger charge is -2.23. The second-order valence-electron chi connectivity index (χ2n) is 6.69. The molecule has 1 aromatic heterocycles. The van der Waals surface area contributed by atoms with Crippen LogP contribution < -0.4 is 16.0 Å². The van der Waals surface area contributed by atoms with E-state index < -0.39 is 23.2 Å². The molecule has 1 aromatic carbocycles. The van der Waals surface area contributed by atoms with Crippen molar-refractivity contribution in [2.24, 2.45) is 5.10 Å². The van der Waals surface area contributed by atoms with Gasteiger partial charge in [-0.2, -0.15) is 5.10 Å². The molecule has 1 amide bonds. The van der Waals surface area contributed by atoms with Crippen molar-refractivity contribution in [2.45, 2.75) is 39.3 Å². The summed E-state index contributed by atoms with van der Waals surface area (Å²) in [5.41, 5.74) is -0.694. The average molecular weight is 412 g/mol. The minimum absolute atomic E-state index is 0.00985. The Morgan fingerprint density at radius 3 is 2.77 bits per heavy atom. The Balaban J connectivity index is 2.12. The maximum Gasteiger partial charge on any atom is 0.331 e. The summed E-state index contributed by atoms with van der Waals surface area (Å²) in [6, 6.07) is 6.80. The Kier molecular flexibility index (Phi) is 6.20. The number of carbonyl (C=O) groups excluding carboxylic acids is 1. The lowest BCUT2D eigenvalue weighted by atomic mass is 9.98. The number of hydrogen-bond acceptors (Lipinski definition) is 6. The van der Waals surface area contributed by atoms with Crippen molar-refractivity contribution >= 4 is 11.6 Å². The van der Waals surface area contributed by atoms with E-state index in [0.717, 1.165) is 10.1 Å². The molecule has 0 saturated heterocycles. The van der Waals surface area contributed by atoms with Gasteiger partial charge >= 0.3 is 5.69 Å². The molecule has 0 radical (unpaired) electrons. The molecule has 30 heavy (non-hydrogen) atoms. The number of aromatic nitrogens is 2. The fraction of sp³-hybridized carbons (Fsp3) is 0.333. The zero-order valence-electron chi connectivity index (χ0n) is 16.9. The lowest BCUT2D eigenvalue weighted by Crippen LogP contribution is -2.33. The molecule has 0 saturated carbocycles. The number of nitrogens with one attached hydrogen (secondary N) is 1. The highest BCUT2D eigenvalue weighted by molar-refractivity contribution is 6.04. The summed E-state index contributed by atoms with van der Waals surface area (Å²) in [6.45, 7) is 7.60. The molecule has 0 spiro atoms. The molecule has 3 rings (SSSR count). The van der Waals surface area contributed by atoms with Gasteiger partial charge in [0, 0.05) is 24.9 Å². The molecule has 1 atom stereocenters. The van der Waals surface area contributed by atoms with Crippen LogP contribution in [0, 0.1) is 0 Å². The number of benzene rings is 1. The van der Waals surface area contributed by atoms with Crippen LogP contribution in [0.15, 0.2) is 51.6 Å². The number of amides is 1. The van der Waals surface area contributed by atoms with E-state index in [2.05, 4.69) is 16.7 Å². The summed E-state index contributed by atoms with van der Waals surface area (Å²) in [5, 5.41) is 16.3. The predicted molar refractivity (Wildman–Crippen MR) is 112 cm³/mol. The smallest absolute Gasteiger partial charge is 0.331 e. The predicted octanol–water partition coefficient (Wildman–Crippen LogP) is 1.91. The number of H-pyrrole nitrogens is 1. The Morgan fingerprint density at radius 1 is 1.37 bits per heavy atom. The molecular weight excluding hydrogens is 388 g/mol. The SMILES string of the molecule is C=CCn1c(O)c(C2=NN(C(=O)CC)[C@@H](c3ccccc3OCC)C2)c(=O)[nH]c1=O. The molecule has 1 aliphatic rings. The first kappa shape index (κ1) is 21.1. The number of aromatic amines is 1. The normalized spacial score (nSPS) is 15.7. The van der Waals surface area contributed by atoms with E-state index >= 15 is 0 Å². The number of hydrogen-bond donors (Lipinski definition) is 2. The molecule has 0 fully saturated rings. The fourth-order valence-corrected chi connectivity index (χ4v) is 3.46. The third-order valence-electron chi connectivity index (χ3n) is 4.82. The molecular formula is C21H24N4O5. The third kappa shape index (κ3) is 3.78. The van der Waals surface area contributed by atoms with Crippen molar-refractivity contribution < 1.29 is 14.6 Å². The number of allylic oxidation sites excluding steroid dienone is 1. The number of carbonyl (C=O) groups is 1. The maximum atomic E-state index is 12.6. The summed E-state index contributed by atoms with van der Waals surface area (Å²) in [4.78, 5) is 39.3. The van der Waals surface area contributed by atoms with Gasteiger partial charge in [0.15, 0.2) is 0 Å². The van der Waals surface area contributed by atoms with E-state index in [-0.39, 0.29) is 36.6 Å². The minimum atomic E-state index is -0.765. The Morgan fingerprint density at radius 2 is 2.10 bits per heavy atom. The topological polar surface area (TPSA) is 117 Å². The van der Waals surface area contributed by atoms with Crippen molar-refractivity contribution in [1.82, 2.24) is 14.6 Å². The molecule has 1 aliphatic heterocycles. The summed E-state index contributed by atoms with van der Waals surface area (Å²) in [7, 11) is 0. The number of ether oxygens (including phenoxy) is 1. The van der Waals surface area contributed by atoms with Crippen LogP contribution in [0.25, 0.3) is 0 Å². The zero-order chi connectivity index (χ0) is 21.8. The minimum Gasteiger partial charge on any atom is -0.494 e. The Hall–Kier alpha value is -3.62. The van der Waals surface area contributed by atoms with Gasteiger partial charge in [-0.25, -0.2) is 9.80 Å². The molecule has 2 aromatic rings. The van der Waals surface area contributed by atoms with E-state index in [1.54, 1.807) is 13.0 Å². The number of rotatable bonds is 7. The van der Waals surface area contributed by atoms with Crippen LogP contribution in [0.4, 0.5) is 0 Å². The summed E-state index contributed by atoms with van der Waals surface area (Å²) in [5.74, 6) is -0.133. The van der Waals surface area contributed by atoms with Crippen LogP contribution in [0.1, 0.15) is 43.9 Å². The number of hydrazone groups is 1. The van der Waals surface area contributed by atoms with Gasteiger partial charge < -0.3 is 9.84 Å². The molecule has 9 nitrogen and oxygen atoms in total. The van der Waals surface area contributed by atoms with Gasteiger partial charge in [-0.3, -0.25) is 19.1 Å². The molecule has 9 heteroatoms. The average Bonchev–Trinajstić information content (AvgIpc) is 3.15. The number of para-hydroxylation sites is 1. The summed E-state index contributed by atoms with van der Waals surface area (Å²) < 4.78 is 6.69. The molecule has 2 N–H and O–H groups in total. The largest absolute Gasteiger partial charge is 0.494 e. The van der Waals surface area contributed by atoms with E-state index in [9.17, 15) is 19.5 Å². The Bertz CT molecular complexity index is 1120. The highest BCUT2D eigenvalue weighted by Gasteiger charge is 2.36. The highest BCUT2D eigenvalue weighted by Crippen LogP contribution is 2.38. The third-order valence-corrected chi connectivity index (χ3v) is 4.82. The van der Waals surface area contributed by atoms with Crippen LogP contribution in [-0.2, 0) is 11.3 Å². The second-order valence-corrected chi connectivity index (χ2v) is 6.69. The maximum absolute atomic E-state index is 12.6. The summed E-state index contributed by atoms with van der Waals surface area (Å²) in [6.07, 6.45) is 1.81. The first-order valence-corrected chi connectivity index (χ1v) is 9.71. The quantitative estimate of drug-likeness (QED) is 0.674. The van der Waals surface area contributed by atoms with E-state index in [1.807, 2.05) is 25.1 Å². The molecule has 0 unspecified atom stereocenters. The van der Waals surface area contributed by atoms with Crippen LogP contribution >= 0.6 is 0 Å². The van der Waals surface area contributed by atoms with Gasteiger partial charge in [0.2, 0.25) is 11.8 Å². The van der Waals surface area contributed by atoms with Crippen molar-refractivity contribution in [3.05, 3.63) is 68.9 Å². The lowest BCUT2D eigenvalue weighted by molar-refractivity contribution is -0.132. The summed E-state index contributed by atoms with van der Waals surface area (Å²) >= 11 is 0. The van der Waals surface area contributed by atoms with Crippen molar-refractivity contribution in [1.29, 1.82) is 0 Å². The fourth-order valence-electron chi connectivity index (χ4n) is 3.46. The first-order chi connectivity index (χ1) is 14.4. The van der Waals surface area contributed by atoms with Crippen molar-refractivity contribution in [3.8, 4) is 11.6 Å². The molecule has 2 heterocycles. The van der Waals surface area contributed by atoms with Gasteiger partial charge in [0.05, 0.1) is 18.4 Å². The van der Waals surface area contributed by atoms with Gasteiger partial charge in [0.25, 0.3) is 5.56 Å². The first-order valence-electron chi connectivity index (χ1n) is 9.71. The van der Waals surface area contributed by atoms with Gasteiger partial charge in [-0.1, -0.05) is 31.2 Å². The molecule has 0 bridgehead atoms. The van der Waals surface area contributed by atoms with Crippen molar-refractivity contribution in [3.63, 3.8) is 0 Å². The molecule has 0 aliphatic carbocycles. The van der Waals surface area contributed by atoms with E-state index in [0.29, 0.717) is 12.4 Å². The van der Waals surface area contributed by atoms with Crippen LogP contribution in [0.5, 0.6) is 11.6 Å².